The second-order valence-electron chi connectivity index (χ2n) is 11.1. The largest absolute Gasteiger partial charge is 0.464 e. The third-order valence-electron chi connectivity index (χ3n) is 6.04. The number of fused-ring (bicyclic) bond motifs is 1. The number of para-hydroxylation sites is 1. The number of alkyl halides is 1. The topological polar surface area (TPSA) is 90.9 Å². The van der Waals surface area contributed by atoms with Crippen LogP contribution < -0.4 is 14.3 Å². The summed E-state index contributed by atoms with van der Waals surface area (Å²) in [5, 5.41) is 2.64. The van der Waals surface area contributed by atoms with Crippen molar-refractivity contribution in [1.29, 1.82) is 0 Å². The predicted molar refractivity (Wildman–Crippen MR) is 155 cm³/mol. The van der Waals surface area contributed by atoms with Crippen LogP contribution in [0.1, 0.15) is 48.8 Å². The summed E-state index contributed by atoms with van der Waals surface area (Å²) in [4.78, 5) is 24.9. The summed E-state index contributed by atoms with van der Waals surface area (Å²) in [5.41, 5.74) is -0.556. The summed E-state index contributed by atoms with van der Waals surface area (Å²) >= 11 is 0.720. The van der Waals surface area contributed by atoms with Crippen LogP contribution in [0, 0.1) is 34.5 Å². The normalized spacial score (nSPS) is 14.4. The number of hydrogen-bond donors (Lipinski definition) is 1. The molecule has 3 aromatic carbocycles. The summed E-state index contributed by atoms with van der Waals surface area (Å²) < 4.78 is 114. The highest BCUT2D eigenvalue weighted by Gasteiger charge is 2.41. The Morgan fingerprint density at radius 3 is 2.11 bits per heavy atom. The van der Waals surface area contributed by atoms with Gasteiger partial charge >= 0.3 is 19.5 Å². The Labute approximate surface area is 257 Å². The van der Waals surface area contributed by atoms with Crippen molar-refractivity contribution in [1.82, 2.24) is 5.09 Å². The van der Waals surface area contributed by atoms with Crippen LogP contribution in [0.4, 0.5) is 26.3 Å². The molecule has 240 valence electrons. The van der Waals surface area contributed by atoms with Crippen LogP contribution in [-0.4, -0.2) is 24.6 Å². The minimum absolute atomic E-state index is 0.0426. The van der Waals surface area contributed by atoms with Gasteiger partial charge in [0.1, 0.15) is 16.7 Å². The van der Waals surface area contributed by atoms with Crippen LogP contribution in [0.15, 0.2) is 54.6 Å². The van der Waals surface area contributed by atoms with Gasteiger partial charge in [-0.05, 0) is 53.6 Å². The van der Waals surface area contributed by atoms with Gasteiger partial charge in [0, 0.05) is 4.70 Å². The monoisotopic (exact) mass is 673 g/mol. The molecule has 0 spiro atoms. The number of esters is 2. The first-order valence-electron chi connectivity index (χ1n) is 13.2. The summed E-state index contributed by atoms with van der Waals surface area (Å²) in [6.07, 6.45) is 0. The molecule has 0 radical (unpaired) electrons. The number of thiophene rings is 1. The third kappa shape index (κ3) is 7.69. The van der Waals surface area contributed by atoms with Crippen molar-refractivity contribution in [3.63, 3.8) is 0 Å². The first-order valence-corrected chi connectivity index (χ1v) is 15.7. The van der Waals surface area contributed by atoms with Crippen LogP contribution in [0.5, 0.6) is 11.5 Å². The lowest BCUT2D eigenvalue weighted by Crippen LogP contribution is -2.36. The van der Waals surface area contributed by atoms with Crippen molar-refractivity contribution in [3.8, 4) is 11.5 Å². The standard InChI is InChI=1S/C30H26F6NO6PS/c1-15(28(38)41-14-30(2,3)4)37-44(40,43-18-8-6-5-7-9-18)27(36)16-10-11-19-17(12-16)13-20(45-19)29(39)42-26-24(34)22(32)21(31)23(33)25(26)35/h5-13,15,27H,14H2,1-4H3,(H,37,40)/t15-,27-,44+/m0/s1. The van der Waals surface area contributed by atoms with E-state index in [1.54, 1.807) is 18.2 Å². The molecule has 0 fully saturated rings. The molecule has 4 rings (SSSR count). The lowest BCUT2D eigenvalue weighted by molar-refractivity contribution is -0.148. The van der Waals surface area contributed by atoms with Crippen LogP contribution in [-0.2, 0) is 14.1 Å². The minimum atomic E-state index is -4.58. The SMILES string of the molecule is C[C@H](N[P@](=O)(Oc1ccccc1)[C@H](F)c1ccc2sc(C(=O)Oc3c(F)c(F)c(F)c(F)c3F)cc2c1)C(=O)OCC(C)(C)C. The molecule has 0 aliphatic carbocycles. The molecule has 0 amide bonds. The first-order chi connectivity index (χ1) is 21.0. The Morgan fingerprint density at radius 1 is 0.911 bits per heavy atom. The van der Waals surface area contributed by atoms with E-state index in [2.05, 4.69) is 9.82 Å². The number of carbonyl (C=O) groups excluding carboxylic acids is 2. The highest BCUT2D eigenvalue weighted by Crippen LogP contribution is 2.58. The molecule has 1 aromatic heterocycles. The molecule has 4 aromatic rings. The number of ether oxygens (including phenoxy) is 2. The number of hydrogen-bond acceptors (Lipinski definition) is 7. The fourth-order valence-corrected chi connectivity index (χ4v) is 6.66. The smallest absolute Gasteiger partial charge is 0.355 e. The lowest BCUT2D eigenvalue weighted by atomic mass is 9.99. The van der Waals surface area contributed by atoms with E-state index in [9.17, 15) is 36.1 Å². The molecule has 0 saturated heterocycles. The summed E-state index contributed by atoms with van der Waals surface area (Å²) in [6.45, 7) is 6.89. The third-order valence-corrected chi connectivity index (χ3v) is 9.26. The molecule has 15 heteroatoms. The Balaban J connectivity index is 1.62. The molecule has 7 nitrogen and oxygen atoms in total. The predicted octanol–water partition coefficient (Wildman–Crippen LogP) is 8.62. The van der Waals surface area contributed by atoms with E-state index in [1.807, 2.05) is 20.8 Å². The Hall–Kier alpha value is -3.87. The fraction of sp³-hybridized carbons (Fsp3) is 0.267. The second kappa shape index (κ2) is 13.2. The zero-order valence-electron chi connectivity index (χ0n) is 24.1. The van der Waals surface area contributed by atoms with Gasteiger partial charge in [-0.1, -0.05) is 45.0 Å². The number of rotatable bonds is 10. The molecular formula is C30H26F6NO6PS. The van der Waals surface area contributed by atoms with Crippen LogP contribution in [0.25, 0.3) is 10.1 Å². The van der Waals surface area contributed by atoms with E-state index >= 15 is 4.39 Å². The molecule has 45 heavy (non-hydrogen) atoms. The van der Waals surface area contributed by atoms with Crippen LogP contribution in [0.2, 0.25) is 0 Å². The van der Waals surface area contributed by atoms with Gasteiger partial charge in [0.2, 0.25) is 40.7 Å². The van der Waals surface area contributed by atoms with E-state index in [0.717, 1.165) is 17.4 Å². The van der Waals surface area contributed by atoms with Crippen LogP contribution >= 0.6 is 18.9 Å². The minimum Gasteiger partial charge on any atom is -0.464 e. The Morgan fingerprint density at radius 2 is 1.51 bits per heavy atom. The van der Waals surface area contributed by atoms with Crippen molar-refractivity contribution < 1.29 is 54.5 Å². The van der Waals surface area contributed by atoms with Gasteiger partial charge in [0.15, 0.2) is 0 Å². The van der Waals surface area contributed by atoms with Crippen molar-refractivity contribution in [3.05, 3.63) is 94.1 Å². The quantitative estimate of drug-likeness (QED) is 0.0450. The fourth-order valence-electron chi connectivity index (χ4n) is 3.84. The van der Waals surface area contributed by atoms with E-state index in [-0.39, 0.29) is 33.6 Å². The molecule has 0 aliphatic heterocycles. The highest BCUT2D eigenvalue weighted by molar-refractivity contribution is 7.57. The molecule has 1 N–H and O–H groups in total. The van der Waals surface area contributed by atoms with Crippen molar-refractivity contribution in [2.75, 3.05) is 6.61 Å². The van der Waals surface area contributed by atoms with Crippen molar-refractivity contribution in [2.24, 2.45) is 5.41 Å². The van der Waals surface area contributed by atoms with Gasteiger partial charge in [-0.15, -0.1) is 11.3 Å². The molecule has 3 atom stereocenters. The highest BCUT2D eigenvalue weighted by atomic mass is 32.1. The van der Waals surface area contributed by atoms with E-state index in [0.29, 0.717) is 4.70 Å². The zero-order chi connectivity index (χ0) is 33.3. The van der Waals surface area contributed by atoms with Gasteiger partial charge in [0.25, 0.3) is 0 Å². The summed E-state index contributed by atoms with van der Waals surface area (Å²) in [6, 6.07) is 11.4. The summed E-state index contributed by atoms with van der Waals surface area (Å²) in [7, 11) is -4.58. The van der Waals surface area contributed by atoms with Gasteiger partial charge < -0.3 is 14.0 Å². The van der Waals surface area contributed by atoms with E-state index < -0.39 is 66.2 Å². The second-order valence-corrected chi connectivity index (χ2v) is 14.2. The molecule has 1 heterocycles. The maximum absolute atomic E-state index is 16.2. The summed E-state index contributed by atoms with van der Waals surface area (Å²) in [5.74, 6) is -18.0. The number of benzene rings is 3. The first kappa shape index (κ1) is 34.0. The molecule has 0 aliphatic rings. The average molecular weight is 674 g/mol. The Kier molecular flexibility index (Phi) is 10.0. The zero-order valence-corrected chi connectivity index (χ0v) is 25.8. The van der Waals surface area contributed by atoms with Gasteiger partial charge in [0.05, 0.1) is 6.61 Å². The average Bonchev–Trinajstić information content (AvgIpc) is 3.43. The van der Waals surface area contributed by atoms with Gasteiger partial charge in [-0.3, -0.25) is 9.36 Å². The van der Waals surface area contributed by atoms with Gasteiger partial charge in [-0.2, -0.15) is 8.78 Å². The van der Waals surface area contributed by atoms with Crippen molar-refractivity contribution >= 4 is 40.9 Å². The lowest BCUT2D eigenvalue weighted by Gasteiger charge is -2.27. The van der Waals surface area contributed by atoms with Crippen molar-refractivity contribution in [2.45, 2.75) is 39.6 Å². The molecule has 0 unspecified atom stereocenters. The molecular weight excluding hydrogens is 647 g/mol. The van der Waals surface area contributed by atoms with Crippen LogP contribution in [0.3, 0.4) is 0 Å². The number of carbonyl (C=O) groups is 2. The Bertz CT molecular complexity index is 1770. The van der Waals surface area contributed by atoms with E-state index in [1.165, 1.54) is 37.3 Å². The van der Waals surface area contributed by atoms with E-state index in [4.69, 9.17) is 9.26 Å². The van der Waals surface area contributed by atoms with Gasteiger partial charge in [-0.25, -0.2) is 27.4 Å². The maximum atomic E-state index is 16.2. The molecule has 0 bridgehead atoms. The number of nitrogens with one attached hydrogen (secondary N) is 1. The molecule has 0 saturated carbocycles. The number of halogens is 6. The maximum Gasteiger partial charge on any atom is 0.355 e.